The van der Waals surface area contributed by atoms with Crippen molar-refractivity contribution in [2.45, 2.75) is 6.92 Å². The van der Waals surface area contributed by atoms with Crippen molar-refractivity contribution < 1.29 is 9.21 Å². The minimum atomic E-state index is -0.278. The van der Waals surface area contributed by atoms with Crippen LogP contribution < -0.4 is 5.32 Å². The molecule has 0 radical (unpaired) electrons. The van der Waals surface area contributed by atoms with Gasteiger partial charge in [0.05, 0.1) is 10.0 Å². The Morgan fingerprint density at radius 1 is 1.09 bits per heavy atom. The molecule has 0 aliphatic heterocycles. The minimum absolute atomic E-state index is 0.278. The highest BCUT2D eigenvalue weighted by atomic mass is 35.5. The molecule has 0 saturated heterocycles. The third-order valence-electron chi connectivity index (χ3n) is 3.28. The molecule has 0 saturated carbocycles. The van der Waals surface area contributed by atoms with Gasteiger partial charge in [0.1, 0.15) is 11.3 Å². The Labute approximate surface area is 143 Å². The zero-order valence-electron chi connectivity index (χ0n) is 12.3. The van der Waals surface area contributed by atoms with Gasteiger partial charge in [0, 0.05) is 17.1 Å². The molecule has 116 valence electrons. The zero-order valence-corrected chi connectivity index (χ0v) is 13.8. The van der Waals surface area contributed by atoms with Gasteiger partial charge in [0.2, 0.25) is 5.91 Å². The monoisotopic (exact) mass is 345 g/mol. The molecule has 0 spiro atoms. The first-order valence-electron chi connectivity index (χ1n) is 6.95. The lowest BCUT2D eigenvalue weighted by molar-refractivity contribution is -0.111. The van der Waals surface area contributed by atoms with Crippen molar-refractivity contribution in [3.63, 3.8) is 0 Å². The molecule has 1 amide bonds. The van der Waals surface area contributed by atoms with E-state index in [-0.39, 0.29) is 5.91 Å². The molecule has 3 aromatic rings. The number of furan rings is 1. The molecule has 1 heterocycles. The van der Waals surface area contributed by atoms with Crippen LogP contribution in [0.25, 0.3) is 17.0 Å². The van der Waals surface area contributed by atoms with Crippen LogP contribution in [0.3, 0.4) is 0 Å². The van der Waals surface area contributed by atoms with Crippen LogP contribution in [-0.4, -0.2) is 5.91 Å². The van der Waals surface area contributed by atoms with Crippen molar-refractivity contribution in [1.29, 1.82) is 0 Å². The lowest BCUT2D eigenvalue weighted by Crippen LogP contribution is -2.07. The quantitative estimate of drug-likeness (QED) is 0.618. The molecule has 0 atom stereocenters. The number of benzene rings is 2. The highest BCUT2D eigenvalue weighted by molar-refractivity contribution is 6.42. The third kappa shape index (κ3) is 3.76. The number of anilines is 1. The second kappa shape index (κ2) is 6.49. The summed E-state index contributed by atoms with van der Waals surface area (Å²) in [6.07, 6.45) is 3.04. The van der Waals surface area contributed by atoms with E-state index >= 15 is 0 Å². The maximum atomic E-state index is 11.9. The van der Waals surface area contributed by atoms with Crippen LogP contribution >= 0.6 is 23.2 Å². The number of rotatable bonds is 3. The van der Waals surface area contributed by atoms with Crippen molar-refractivity contribution in [3.8, 4) is 0 Å². The molecule has 3 nitrogen and oxygen atoms in total. The van der Waals surface area contributed by atoms with Crippen LogP contribution in [0.4, 0.5) is 5.69 Å². The largest absolute Gasteiger partial charge is 0.457 e. The molecule has 2 aromatic carbocycles. The lowest BCUT2D eigenvalue weighted by Gasteiger charge is -2.03. The van der Waals surface area contributed by atoms with Crippen molar-refractivity contribution in [2.24, 2.45) is 0 Å². The van der Waals surface area contributed by atoms with E-state index in [1.165, 1.54) is 6.08 Å². The van der Waals surface area contributed by atoms with Gasteiger partial charge in [-0.05, 0) is 49.4 Å². The van der Waals surface area contributed by atoms with Gasteiger partial charge in [-0.2, -0.15) is 0 Å². The third-order valence-corrected chi connectivity index (χ3v) is 4.02. The van der Waals surface area contributed by atoms with Crippen LogP contribution in [0.5, 0.6) is 0 Å². The Bertz CT molecular complexity index is 913. The van der Waals surface area contributed by atoms with E-state index in [0.717, 1.165) is 16.5 Å². The topological polar surface area (TPSA) is 42.2 Å². The van der Waals surface area contributed by atoms with Gasteiger partial charge in [0.15, 0.2) is 0 Å². The van der Waals surface area contributed by atoms with E-state index in [2.05, 4.69) is 5.32 Å². The Hall–Kier alpha value is -2.23. The highest BCUT2D eigenvalue weighted by Gasteiger charge is 2.04. The predicted molar refractivity (Wildman–Crippen MR) is 95.1 cm³/mol. The van der Waals surface area contributed by atoms with Gasteiger partial charge in [-0.1, -0.05) is 34.8 Å². The number of hydrogen-bond acceptors (Lipinski definition) is 2. The van der Waals surface area contributed by atoms with E-state index in [0.29, 0.717) is 21.5 Å². The number of amides is 1. The van der Waals surface area contributed by atoms with Crippen LogP contribution in [0.2, 0.25) is 10.0 Å². The van der Waals surface area contributed by atoms with Crippen LogP contribution in [0.1, 0.15) is 11.3 Å². The molecule has 0 bridgehead atoms. The number of carbonyl (C=O) groups is 1. The molecule has 0 aliphatic carbocycles. The summed E-state index contributed by atoms with van der Waals surface area (Å²) in [6, 6.07) is 12.7. The molecule has 1 N–H and O–H groups in total. The summed E-state index contributed by atoms with van der Waals surface area (Å²) in [5.41, 5.74) is 2.53. The predicted octanol–water partition coefficient (Wildman–Crippen LogP) is 5.70. The normalized spacial score (nSPS) is 11.3. The maximum Gasteiger partial charge on any atom is 0.248 e. The second-order valence-electron chi connectivity index (χ2n) is 5.14. The van der Waals surface area contributed by atoms with Gasteiger partial charge >= 0.3 is 0 Å². The smallest absolute Gasteiger partial charge is 0.248 e. The van der Waals surface area contributed by atoms with Crippen molar-refractivity contribution >= 4 is 51.8 Å². The number of halogens is 2. The van der Waals surface area contributed by atoms with Crippen LogP contribution in [0, 0.1) is 6.92 Å². The molecule has 23 heavy (non-hydrogen) atoms. The van der Waals surface area contributed by atoms with E-state index in [9.17, 15) is 4.79 Å². The van der Waals surface area contributed by atoms with E-state index in [4.69, 9.17) is 27.6 Å². The van der Waals surface area contributed by atoms with Gasteiger partial charge in [-0.25, -0.2) is 0 Å². The number of aryl methyl sites for hydroxylation is 1. The SMILES string of the molecule is Cc1ccc2oc(/C=C/C(=O)Nc3ccc(Cl)c(Cl)c3)cc2c1. The van der Waals surface area contributed by atoms with Crippen molar-refractivity contribution in [1.82, 2.24) is 0 Å². The first-order chi connectivity index (χ1) is 11.0. The number of hydrogen-bond donors (Lipinski definition) is 1. The average Bonchev–Trinajstić information content (AvgIpc) is 2.91. The first-order valence-corrected chi connectivity index (χ1v) is 7.71. The number of fused-ring (bicyclic) bond motifs is 1. The van der Waals surface area contributed by atoms with Gasteiger partial charge in [-0.15, -0.1) is 0 Å². The summed E-state index contributed by atoms with van der Waals surface area (Å²) >= 11 is 11.7. The van der Waals surface area contributed by atoms with Gasteiger partial charge in [0.25, 0.3) is 0 Å². The van der Waals surface area contributed by atoms with Crippen molar-refractivity contribution in [3.05, 3.63) is 69.9 Å². The zero-order chi connectivity index (χ0) is 16.4. The number of carbonyl (C=O) groups excluding carboxylic acids is 1. The summed E-state index contributed by atoms with van der Waals surface area (Å²) in [5.74, 6) is 0.343. The van der Waals surface area contributed by atoms with E-state index in [1.54, 1.807) is 24.3 Å². The summed E-state index contributed by atoms with van der Waals surface area (Å²) in [6.45, 7) is 2.02. The lowest BCUT2D eigenvalue weighted by atomic mass is 10.2. The molecule has 0 unspecified atom stereocenters. The summed E-state index contributed by atoms with van der Waals surface area (Å²) in [5, 5.41) is 4.55. The first kappa shape index (κ1) is 15.7. The average molecular weight is 346 g/mol. The fourth-order valence-corrected chi connectivity index (χ4v) is 2.48. The standard InChI is InChI=1S/C18H13Cl2NO2/c1-11-2-6-17-12(8-11)9-14(23-17)4-7-18(22)21-13-3-5-15(19)16(20)10-13/h2-10H,1H3,(H,21,22)/b7-4+. The van der Waals surface area contributed by atoms with Gasteiger partial charge in [-0.3, -0.25) is 4.79 Å². The second-order valence-corrected chi connectivity index (χ2v) is 5.96. The maximum absolute atomic E-state index is 11.9. The summed E-state index contributed by atoms with van der Waals surface area (Å²) < 4.78 is 5.65. The van der Waals surface area contributed by atoms with E-state index < -0.39 is 0 Å². The molecule has 0 fully saturated rings. The Morgan fingerprint density at radius 3 is 2.70 bits per heavy atom. The Morgan fingerprint density at radius 2 is 1.91 bits per heavy atom. The van der Waals surface area contributed by atoms with E-state index in [1.807, 2.05) is 31.2 Å². The van der Waals surface area contributed by atoms with Crippen LogP contribution in [0.15, 0.2) is 53.0 Å². The van der Waals surface area contributed by atoms with Crippen LogP contribution in [-0.2, 0) is 4.79 Å². The van der Waals surface area contributed by atoms with Crippen molar-refractivity contribution in [2.75, 3.05) is 5.32 Å². The fourth-order valence-electron chi connectivity index (χ4n) is 2.18. The molecule has 3 rings (SSSR count). The number of nitrogens with one attached hydrogen (secondary N) is 1. The molecule has 1 aromatic heterocycles. The summed E-state index contributed by atoms with van der Waals surface area (Å²) in [4.78, 5) is 11.9. The molecular formula is C18H13Cl2NO2. The molecule has 0 aliphatic rings. The molecule has 5 heteroatoms. The van der Waals surface area contributed by atoms with Gasteiger partial charge < -0.3 is 9.73 Å². The fraction of sp³-hybridized carbons (Fsp3) is 0.0556. The summed E-state index contributed by atoms with van der Waals surface area (Å²) in [7, 11) is 0. The minimum Gasteiger partial charge on any atom is -0.457 e. The highest BCUT2D eigenvalue weighted by Crippen LogP contribution is 2.25. The Balaban J connectivity index is 1.72. The molecular weight excluding hydrogens is 333 g/mol. The Kier molecular flexibility index (Phi) is 4.42.